The smallest absolute Gasteiger partial charge is 0.0594 e. The van der Waals surface area contributed by atoms with Crippen molar-refractivity contribution in [3.8, 4) is 0 Å². The zero-order chi connectivity index (χ0) is 16.8. The van der Waals surface area contributed by atoms with Gasteiger partial charge in [0.05, 0.1) is 39.6 Å². The van der Waals surface area contributed by atoms with Crippen LogP contribution in [-0.2, 0) is 14.2 Å². The maximum Gasteiger partial charge on any atom is 0.0594 e. The van der Waals surface area contributed by atoms with Crippen LogP contribution in [0.4, 0.5) is 0 Å². The van der Waals surface area contributed by atoms with Crippen LogP contribution in [0.2, 0.25) is 0 Å². The van der Waals surface area contributed by atoms with Crippen molar-refractivity contribution in [2.75, 3.05) is 78.9 Å². The van der Waals surface area contributed by atoms with Gasteiger partial charge in [0.1, 0.15) is 0 Å². The highest BCUT2D eigenvalue weighted by atomic mass is 16.5. The highest BCUT2D eigenvalue weighted by molar-refractivity contribution is 4.78. The van der Waals surface area contributed by atoms with Crippen molar-refractivity contribution in [3.05, 3.63) is 0 Å². The van der Waals surface area contributed by atoms with Crippen molar-refractivity contribution in [2.45, 2.75) is 27.7 Å². The van der Waals surface area contributed by atoms with Crippen molar-refractivity contribution in [3.63, 3.8) is 0 Å². The molecular formula is C18H36N2O3. The quantitative estimate of drug-likeness (QED) is 0.678. The van der Waals surface area contributed by atoms with E-state index >= 15 is 0 Å². The van der Waals surface area contributed by atoms with Gasteiger partial charge in [0.2, 0.25) is 0 Å². The van der Waals surface area contributed by atoms with Crippen LogP contribution >= 0.6 is 0 Å². The third-order valence-electron chi connectivity index (χ3n) is 4.50. The second kappa shape index (κ2) is 8.77. The first-order chi connectivity index (χ1) is 10.9. The molecule has 0 amide bonds. The van der Waals surface area contributed by atoms with E-state index in [-0.39, 0.29) is 10.8 Å². The molecule has 2 saturated heterocycles. The molecule has 0 atom stereocenters. The maximum atomic E-state index is 6.13. The molecule has 5 nitrogen and oxygen atoms in total. The Kier molecular flexibility index (Phi) is 7.29. The van der Waals surface area contributed by atoms with Gasteiger partial charge in [0, 0.05) is 50.1 Å². The lowest BCUT2D eigenvalue weighted by atomic mass is 9.92. The molecule has 0 aromatic rings. The predicted octanol–water partition coefficient (Wildman–Crippen LogP) is 1.72. The van der Waals surface area contributed by atoms with Crippen LogP contribution in [0.1, 0.15) is 27.7 Å². The van der Waals surface area contributed by atoms with E-state index < -0.39 is 0 Å². The van der Waals surface area contributed by atoms with Crippen LogP contribution < -0.4 is 0 Å². The molecule has 2 rings (SSSR count). The summed E-state index contributed by atoms with van der Waals surface area (Å²) in [6.45, 7) is 20.7. The monoisotopic (exact) mass is 328 g/mol. The number of rotatable bonds is 8. The van der Waals surface area contributed by atoms with E-state index in [9.17, 15) is 0 Å². The number of hydrogen-bond donors (Lipinski definition) is 0. The molecule has 2 fully saturated rings. The molecule has 0 N–H and O–H groups in total. The minimum atomic E-state index is 0.187. The van der Waals surface area contributed by atoms with Crippen LogP contribution in [0.5, 0.6) is 0 Å². The number of ether oxygens (including phenoxy) is 3. The molecule has 2 aliphatic rings. The van der Waals surface area contributed by atoms with Crippen molar-refractivity contribution in [1.29, 1.82) is 0 Å². The summed E-state index contributed by atoms with van der Waals surface area (Å²) in [6.07, 6.45) is 0. The summed E-state index contributed by atoms with van der Waals surface area (Å²) in [5.41, 5.74) is 0.374. The van der Waals surface area contributed by atoms with E-state index in [1.807, 2.05) is 0 Å². The normalized spacial score (nSPS) is 22.4. The Bertz CT molecular complexity index is 303. The molecule has 136 valence electrons. The van der Waals surface area contributed by atoms with Crippen LogP contribution in [-0.4, -0.2) is 88.7 Å². The fourth-order valence-corrected chi connectivity index (χ4v) is 3.42. The molecule has 0 radical (unpaired) electrons. The molecule has 0 saturated carbocycles. The Morgan fingerprint density at radius 1 is 0.696 bits per heavy atom. The molecule has 0 unspecified atom stereocenters. The van der Waals surface area contributed by atoms with Crippen molar-refractivity contribution < 1.29 is 14.2 Å². The number of nitrogens with zero attached hydrogens (tertiary/aromatic N) is 2. The Labute approximate surface area is 142 Å². The summed E-state index contributed by atoms with van der Waals surface area (Å²) in [7, 11) is 0. The van der Waals surface area contributed by atoms with Crippen molar-refractivity contribution in [2.24, 2.45) is 10.8 Å². The van der Waals surface area contributed by atoms with Crippen molar-refractivity contribution in [1.82, 2.24) is 9.80 Å². The Hall–Kier alpha value is -0.200. The minimum absolute atomic E-state index is 0.187. The zero-order valence-electron chi connectivity index (χ0n) is 15.6. The molecule has 2 aliphatic heterocycles. The first-order valence-electron chi connectivity index (χ1n) is 9.04. The fourth-order valence-electron chi connectivity index (χ4n) is 3.42. The van der Waals surface area contributed by atoms with Crippen LogP contribution in [0.3, 0.4) is 0 Å². The van der Waals surface area contributed by atoms with Gasteiger partial charge in [0.25, 0.3) is 0 Å². The first-order valence-corrected chi connectivity index (χ1v) is 9.04. The van der Waals surface area contributed by atoms with Gasteiger partial charge >= 0.3 is 0 Å². The molecule has 0 aromatic carbocycles. The second-order valence-corrected chi connectivity index (χ2v) is 8.60. The molecule has 5 heteroatoms. The fraction of sp³-hybridized carbons (Fsp3) is 1.00. The summed E-state index contributed by atoms with van der Waals surface area (Å²) < 4.78 is 17.0. The standard InChI is InChI=1S/C18H36N2O3/c1-17(2,13-19-5-9-21-10-6-19)15-23-16-18(3,4)14-20-7-11-22-12-8-20/h5-16H2,1-4H3. The second-order valence-electron chi connectivity index (χ2n) is 8.60. The molecule has 0 aromatic heterocycles. The van der Waals surface area contributed by atoms with E-state index in [0.29, 0.717) is 0 Å². The average Bonchev–Trinajstić information content (AvgIpc) is 2.47. The predicted molar refractivity (Wildman–Crippen MR) is 92.9 cm³/mol. The Morgan fingerprint density at radius 3 is 1.39 bits per heavy atom. The first kappa shape index (κ1) is 19.1. The van der Waals surface area contributed by atoms with E-state index in [2.05, 4.69) is 37.5 Å². The summed E-state index contributed by atoms with van der Waals surface area (Å²) in [5, 5.41) is 0. The van der Waals surface area contributed by atoms with Gasteiger partial charge in [-0.1, -0.05) is 27.7 Å². The van der Waals surface area contributed by atoms with E-state index in [4.69, 9.17) is 14.2 Å². The van der Waals surface area contributed by atoms with Gasteiger partial charge in [-0.15, -0.1) is 0 Å². The number of hydrogen-bond acceptors (Lipinski definition) is 5. The highest BCUT2D eigenvalue weighted by Gasteiger charge is 2.27. The lowest BCUT2D eigenvalue weighted by Gasteiger charge is -2.37. The van der Waals surface area contributed by atoms with Crippen LogP contribution in [0.15, 0.2) is 0 Å². The summed E-state index contributed by atoms with van der Waals surface area (Å²) >= 11 is 0. The third-order valence-corrected chi connectivity index (χ3v) is 4.50. The lowest BCUT2D eigenvalue weighted by molar-refractivity contribution is -0.0338. The molecule has 0 bridgehead atoms. The molecule has 0 spiro atoms. The maximum absolute atomic E-state index is 6.13. The SMILES string of the molecule is CC(C)(COCC(C)(C)CN1CCOCC1)CN1CCOCC1. The molecule has 0 aliphatic carbocycles. The van der Waals surface area contributed by atoms with Gasteiger partial charge < -0.3 is 14.2 Å². The van der Waals surface area contributed by atoms with E-state index in [1.54, 1.807) is 0 Å². The van der Waals surface area contributed by atoms with Gasteiger partial charge in [-0.25, -0.2) is 0 Å². The van der Waals surface area contributed by atoms with Gasteiger partial charge in [-0.3, -0.25) is 9.80 Å². The highest BCUT2D eigenvalue weighted by Crippen LogP contribution is 2.22. The zero-order valence-corrected chi connectivity index (χ0v) is 15.6. The third kappa shape index (κ3) is 7.48. The summed E-state index contributed by atoms with van der Waals surface area (Å²) in [4.78, 5) is 4.98. The van der Waals surface area contributed by atoms with Crippen molar-refractivity contribution >= 4 is 0 Å². The van der Waals surface area contributed by atoms with Crippen LogP contribution in [0.25, 0.3) is 0 Å². The molecule has 2 heterocycles. The Balaban J connectivity index is 1.66. The topological polar surface area (TPSA) is 34.2 Å². The molecule has 23 heavy (non-hydrogen) atoms. The summed E-state index contributed by atoms with van der Waals surface area (Å²) in [6, 6.07) is 0. The van der Waals surface area contributed by atoms with E-state index in [1.165, 1.54) is 0 Å². The average molecular weight is 328 g/mol. The van der Waals surface area contributed by atoms with Gasteiger partial charge in [-0.05, 0) is 0 Å². The molecular weight excluding hydrogens is 292 g/mol. The largest absolute Gasteiger partial charge is 0.380 e. The van der Waals surface area contributed by atoms with E-state index in [0.717, 1.165) is 78.9 Å². The number of morpholine rings is 2. The Morgan fingerprint density at radius 2 is 1.04 bits per heavy atom. The lowest BCUT2D eigenvalue weighted by Crippen LogP contribution is -2.45. The minimum Gasteiger partial charge on any atom is -0.380 e. The van der Waals surface area contributed by atoms with Gasteiger partial charge in [-0.2, -0.15) is 0 Å². The van der Waals surface area contributed by atoms with Crippen LogP contribution in [0, 0.1) is 10.8 Å². The van der Waals surface area contributed by atoms with Gasteiger partial charge in [0.15, 0.2) is 0 Å². The summed E-state index contributed by atoms with van der Waals surface area (Å²) in [5.74, 6) is 0.